The summed E-state index contributed by atoms with van der Waals surface area (Å²) in [5.41, 5.74) is 1.79. The number of halogens is 2. The van der Waals surface area contributed by atoms with Crippen molar-refractivity contribution in [2.45, 2.75) is 30.8 Å². The third kappa shape index (κ3) is 7.19. The van der Waals surface area contributed by atoms with Gasteiger partial charge >= 0.3 is 5.97 Å². The van der Waals surface area contributed by atoms with Crippen LogP contribution in [-0.4, -0.2) is 63.5 Å². The molecule has 2 aromatic rings. The number of hydrogen-bond donors (Lipinski definition) is 1. The Balaban J connectivity index is 1.61. The van der Waals surface area contributed by atoms with E-state index in [2.05, 4.69) is 9.88 Å². The zero-order chi connectivity index (χ0) is 23.3. The van der Waals surface area contributed by atoms with Crippen molar-refractivity contribution >= 4 is 64.4 Å². The molecule has 1 aliphatic heterocycles. The Morgan fingerprint density at radius 3 is 2.88 bits per heavy atom. The van der Waals surface area contributed by atoms with E-state index in [0.717, 1.165) is 35.3 Å². The number of ether oxygens (including phenoxy) is 1. The zero-order valence-electron chi connectivity index (χ0n) is 17.6. The largest absolute Gasteiger partial charge is 0.478 e. The summed E-state index contributed by atoms with van der Waals surface area (Å²) in [4.78, 5) is 30.5. The smallest absolute Gasteiger partial charge is 0.328 e. The standard InChI is InChI=1S/C21H23Cl2N3O4S2/c1-13-19(5-6-20(28)29)31-21(24-13)32-26(14(2)27)12-16-11-25(7-8-30-16)10-15-3-4-17(22)18(23)9-15/h3-6,9,16H,7-8,10-12H2,1-2H3,(H,28,29)/t16-/m0/s1. The quantitative estimate of drug-likeness (QED) is 0.405. The van der Waals surface area contributed by atoms with Crippen LogP contribution in [0.15, 0.2) is 28.6 Å². The first kappa shape index (κ1) is 25.0. The van der Waals surface area contributed by atoms with Gasteiger partial charge in [0.2, 0.25) is 5.91 Å². The number of amides is 1. The fraction of sp³-hybridized carbons (Fsp3) is 0.381. The molecule has 1 fully saturated rings. The maximum Gasteiger partial charge on any atom is 0.328 e. The average Bonchev–Trinajstić information content (AvgIpc) is 3.08. The van der Waals surface area contributed by atoms with Crippen LogP contribution in [0.2, 0.25) is 10.0 Å². The molecule has 2 heterocycles. The van der Waals surface area contributed by atoms with Crippen LogP contribution in [0.25, 0.3) is 6.08 Å². The third-order valence-electron chi connectivity index (χ3n) is 4.71. The fourth-order valence-electron chi connectivity index (χ4n) is 3.16. The number of nitrogens with zero attached hydrogens (tertiary/aromatic N) is 3. The maximum absolute atomic E-state index is 12.3. The van der Waals surface area contributed by atoms with Gasteiger partial charge in [-0.2, -0.15) is 0 Å². The lowest BCUT2D eigenvalue weighted by molar-refractivity contribution is -0.131. The Bertz CT molecular complexity index is 1010. The van der Waals surface area contributed by atoms with Crippen molar-refractivity contribution < 1.29 is 19.4 Å². The van der Waals surface area contributed by atoms with Crippen LogP contribution in [0.5, 0.6) is 0 Å². The summed E-state index contributed by atoms with van der Waals surface area (Å²) in [6.07, 6.45) is 2.45. The van der Waals surface area contributed by atoms with Gasteiger partial charge in [-0.3, -0.25) is 14.0 Å². The molecule has 0 saturated carbocycles. The molecule has 0 unspecified atom stereocenters. The first-order chi connectivity index (χ1) is 15.2. The van der Waals surface area contributed by atoms with Gasteiger partial charge in [0.15, 0.2) is 4.34 Å². The molecule has 11 heteroatoms. The number of aryl methyl sites for hydroxylation is 1. The van der Waals surface area contributed by atoms with Crippen molar-refractivity contribution in [1.29, 1.82) is 0 Å². The second kappa shape index (κ2) is 11.5. The number of aliphatic carboxylic acids is 1. The van der Waals surface area contributed by atoms with Crippen molar-refractivity contribution in [3.05, 3.63) is 50.5 Å². The molecule has 1 atom stereocenters. The molecule has 0 bridgehead atoms. The highest BCUT2D eigenvalue weighted by molar-refractivity contribution is 7.99. The second-order valence-corrected chi connectivity index (χ2v) is 10.4. The van der Waals surface area contributed by atoms with Gasteiger partial charge in [-0.15, -0.1) is 11.3 Å². The lowest BCUT2D eigenvalue weighted by atomic mass is 10.2. The van der Waals surface area contributed by atoms with Crippen LogP contribution in [0, 0.1) is 6.92 Å². The second-order valence-electron chi connectivity index (χ2n) is 7.25. The van der Waals surface area contributed by atoms with E-state index in [1.54, 1.807) is 10.4 Å². The van der Waals surface area contributed by atoms with Crippen molar-refractivity contribution in [2.75, 3.05) is 26.2 Å². The molecule has 1 aromatic carbocycles. The molecule has 1 N–H and O–H groups in total. The number of rotatable bonds is 8. The number of thiazole rings is 1. The average molecular weight is 516 g/mol. The molecule has 1 aromatic heterocycles. The number of aromatic nitrogens is 1. The van der Waals surface area contributed by atoms with Gasteiger partial charge < -0.3 is 9.84 Å². The Labute approximate surface area is 205 Å². The summed E-state index contributed by atoms with van der Waals surface area (Å²) in [6.45, 7) is 6.48. The minimum atomic E-state index is -1.02. The van der Waals surface area contributed by atoms with Crippen LogP contribution in [0.1, 0.15) is 23.1 Å². The third-order valence-corrected chi connectivity index (χ3v) is 7.72. The molecule has 7 nitrogen and oxygen atoms in total. The predicted molar refractivity (Wildman–Crippen MR) is 128 cm³/mol. The molecule has 0 spiro atoms. The molecular weight excluding hydrogens is 493 g/mol. The molecule has 1 aliphatic rings. The Kier molecular flexibility index (Phi) is 8.98. The van der Waals surface area contributed by atoms with E-state index in [1.165, 1.54) is 36.3 Å². The van der Waals surface area contributed by atoms with E-state index in [-0.39, 0.29) is 12.0 Å². The summed E-state index contributed by atoms with van der Waals surface area (Å²) in [5, 5.41) is 9.89. The number of carbonyl (C=O) groups is 2. The number of carbonyl (C=O) groups excluding carboxylic acids is 1. The van der Waals surface area contributed by atoms with Crippen molar-refractivity contribution in [3.8, 4) is 0 Å². The van der Waals surface area contributed by atoms with E-state index in [9.17, 15) is 9.59 Å². The molecule has 172 valence electrons. The first-order valence-electron chi connectivity index (χ1n) is 9.83. The Morgan fingerprint density at radius 2 is 2.19 bits per heavy atom. The molecule has 3 rings (SSSR count). The van der Waals surface area contributed by atoms with E-state index in [1.807, 2.05) is 19.1 Å². The summed E-state index contributed by atoms with van der Waals surface area (Å²) in [6, 6.07) is 5.62. The molecule has 0 radical (unpaired) electrons. The van der Waals surface area contributed by atoms with Crippen molar-refractivity contribution in [1.82, 2.24) is 14.2 Å². The van der Waals surface area contributed by atoms with Crippen LogP contribution < -0.4 is 0 Å². The number of carboxylic acids is 1. The van der Waals surface area contributed by atoms with Gasteiger partial charge in [0.05, 0.1) is 39.9 Å². The lowest BCUT2D eigenvalue weighted by Crippen LogP contribution is -2.46. The molecule has 0 aliphatic carbocycles. The summed E-state index contributed by atoms with van der Waals surface area (Å²) >= 11 is 14.7. The molecule has 1 amide bonds. The number of morpholine rings is 1. The topological polar surface area (TPSA) is 83.0 Å². The van der Waals surface area contributed by atoms with Gasteiger partial charge in [0.25, 0.3) is 0 Å². The molecular formula is C21H23Cl2N3O4S2. The summed E-state index contributed by atoms with van der Waals surface area (Å²) in [7, 11) is 0. The highest BCUT2D eigenvalue weighted by atomic mass is 35.5. The fourth-order valence-corrected chi connectivity index (χ4v) is 5.61. The highest BCUT2D eigenvalue weighted by Crippen LogP contribution is 2.31. The van der Waals surface area contributed by atoms with E-state index in [0.29, 0.717) is 34.1 Å². The minimum Gasteiger partial charge on any atom is -0.478 e. The lowest BCUT2D eigenvalue weighted by Gasteiger charge is -2.35. The van der Waals surface area contributed by atoms with Gasteiger partial charge in [-0.25, -0.2) is 9.78 Å². The van der Waals surface area contributed by atoms with Gasteiger partial charge in [-0.05, 0) is 30.7 Å². The van der Waals surface area contributed by atoms with Gasteiger partial charge in [0, 0.05) is 44.6 Å². The number of carboxylic acid groups (broad SMARTS) is 1. The first-order valence-corrected chi connectivity index (χ1v) is 12.2. The van der Waals surface area contributed by atoms with Crippen LogP contribution in [0.4, 0.5) is 0 Å². The van der Waals surface area contributed by atoms with Gasteiger partial charge in [0.1, 0.15) is 0 Å². The monoisotopic (exact) mass is 515 g/mol. The molecule has 1 saturated heterocycles. The number of benzene rings is 1. The van der Waals surface area contributed by atoms with E-state index >= 15 is 0 Å². The summed E-state index contributed by atoms with van der Waals surface area (Å²) in [5.74, 6) is -1.12. The van der Waals surface area contributed by atoms with Crippen LogP contribution in [-0.2, 0) is 20.9 Å². The highest BCUT2D eigenvalue weighted by Gasteiger charge is 2.25. The summed E-state index contributed by atoms with van der Waals surface area (Å²) < 4.78 is 8.22. The molecule has 32 heavy (non-hydrogen) atoms. The predicted octanol–water partition coefficient (Wildman–Crippen LogP) is 4.61. The van der Waals surface area contributed by atoms with Crippen molar-refractivity contribution in [3.63, 3.8) is 0 Å². The van der Waals surface area contributed by atoms with Gasteiger partial charge in [-0.1, -0.05) is 29.3 Å². The van der Waals surface area contributed by atoms with E-state index < -0.39 is 5.97 Å². The van der Waals surface area contributed by atoms with Crippen molar-refractivity contribution in [2.24, 2.45) is 0 Å². The SMILES string of the molecule is CC(=O)N(C[C@@H]1CN(Cc2ccc(Cl)c(Cl)c2)CCO1)Sc1nc(C)c(C=CC(=O)O)s1. The minimum absolute atomic E-state index is 0.101. The number of hydrogen-bond acceptors (Lipinski definition) is 7. The van der Waals surface area contributed by atoms with E-state index in [4.69, 9.17) is 33.0 Å². The van der Waals surface area contributed by atoms with Crippen LogP contribution in [0.3, 0.4) is 0 Å². The maximum atomic E-state index is 12.3. The van der Waals surface area contributed by atoms with Crippen LogP contribution >= 0.6 is 46.5 Å². The Morgan fingerprint density at radius 1 is 1.41 bits per heavy atom. The normalized spacial score (nSPS) is 17.1. The zero-order valence-corrected chi connectivity index (χ0v) is 20.7. The Hall–Kier alpha value is -1.62.